The van der Waals surface area contributed by atoms with Gasteiger partial charge in [-0.15, -0.1) is 0 Å². The maximum absolute atomic E-state index is 11.5. The van der Waals surface area contributed by atoms with Crippen LogP contribution in [0.25, 0.3) is 21.9 Å². The molecule has 0 radical (unpaired) electrons. The summed E-state index contributed by atoms with van der Waals surface area (Å²) in [4.78, 5) is 11.5. The van der Waals surface area contributed by atoms with Crippen molar-refractivity contribution in [2.75, 3.05) is 6.61 Å². The van der Waals surface area contributed by atoms with Gasteiger partial charge in [-0.1, -0.05) is 36.4 Å². The summed E-state index contributed by atoms with van der Waals surface area (Å²) in [6.07, 6.45) is 0.761. The summed E-state index contributed by atoms with van der Waals surface area (Å²) in [5.41, 5.74) is 3.17. The third-order valence-electron chi connectivity index (χ3n) is 4.10. The van der Waals surface area contributed by atoms with Gasteiger partial charge in [-0.2, -0.15) is 0 Å². The zero-order valence-corrected chi connectivity index (χ0v) is 11.9. The second-order valence-corrected chi connectivity index (χ2v) is 5.48. The normalized spacial score (nSPS) is 12.9. The molecule has 0 aromatic heterocycles. The van der Waals surface area contributed by atoms with E-state index < -0.39 is 5.97 Å². The van der Waals surface area contributed by atoms with Crippen molar-refractivity contribution in [2.24, 2.45) is 0 Å². The van der Waals surface area contributed by atoms with Gasteiger partial charge < -0.3 is 9.84 Å². The monoisotopic (exact) mass is 290 g/mol. The number of hydrogen-bond donors (Lipinski definition) is 1. The Balaban J connectivity index is 1.91. The molecule has 3 heteroatoms. The predicted octanol–water partition coefficient (Wildman–Crippen LogP) is 4.14. The van der Waals surface area contributed by atoms with Gasteiger partial charge in [0.25, 0.3) is 0 Å². The Morgan fingerprint density at radius 2 is 1.77 bits per heavy atom. The smallest absolute Gasteiger partial charge is 0.339 e. The van der Waals surface area contributed by atoms with Gasteiger partial charge in [0.15, 0.2) is 0 Å². The fourth-order valence-electron chi connectivity index (χ4n) is 3.00. The highest BCUT2D eigenvalue weighted by molar-refractivity contribution is 5.94. The van der Waals surface area contributed by atoms with Crippen molar-refractivity contribution in [3.05, 3.63) is 65.7 Å². The molecule has 0 saturated heterocycles. The number of rotatable bonds is 2. The number of carboxylic acid groups (broad SMARTS) is 1. The molecule has 1 N–H and O–H groups in total. The van der Waals surface area contributed by atoms with Crippen LogP contribution in [0.4, 0.5) is 0 Å². The van der Waals surface area contributed by atoms with E-state index in [1.54, 1.807) is 6.07 Å². The highest BCUT2D eigenvalue weighted by Gasteiger charge is 2.22. The lowest BCUT2D eigenvalue weighted by Gasteiger charge is -2.09. The molecule has 0 fully saturated rings. The molecule has 0 unspecified atom stereocenters. The molecule has 108 valence electrons. The summed E-state index contributed by atoms with van der Waals surface area (Å²) < 4.78 is 5.47. The van der Waals surface area contributed by atoms with Crippen LogP contribution in [-0.2, 0) is 6.42 Å². The Bertz CT molecular complexity index is 896. The van der Waals surface area contributed by atoms with E-state index in [0.717, 1.165) is 28.5 Å². The van der Waals surface area contributed by atoms with Crippen molar-refractivity contribution in [3.63, 3.8) is 0 Å². The Morgan fingerprint density at radius 3 is 2.59 bits per heavy atom. The molecule has 0 saturated carbocycles. The van der Waals surface area contributed by atoms with Gasteiger partial charge in [-0.25, -0.2) is 4.79 Å². The molecule has 1 aliphatic heterocycles. The Hall–Kier alpha value is -2.81. The Labute approximate surface area is 127 Å². The van der Waals surface area contributed by atoms with E-state index in [1.807, 2.05) is 24.3 Å². The van der Waals surface area contributed by atoms with Gasteiger partial charge in [-0.3, -0.25) is 0 Å². The first kappa shape index (κ1) is 12.9. The van der Waals surface area contributed by atoms with Crippen LogP contribution in [0.15, 0.2) is 54.6 Å². The second-order valence-electron chi connectivity index (χ2n) is 5.48. The lowest BCUT2D eigenvalue weighted by atomic mass is 9.96. The average Bonchev–Trinajstić information content (AvgIpc) is 3.01. The first-order chi connectivity index (χ1) is 10.7. The van der Waals surface area contributed by atoms with E-state index in [2.05, 4.69) is 24.3 Å². The van der Waals surface area contributed by atoms with Gasteiger partial charge in [0.1, 0.15) is 11.3 Å². The molecule has 0 amide bonds. The van der Waals surface area contributed by atoms with E-state index in [4.69, 9.17) is 4.74 Å². The zero-order chi connectivity index (χ0) is 15.1. The first-order valence-electron chi connectivity index (χ1n) is 7.24. The first-order valence-corrected chi connectivity index (χ1v) is 7.24. The van der Waals surface area contributed by atoms with Gasteiger partial charge in [0.05, 0.1) is 6.61 Å². The van der Waals surface area contributed by atoms with Gasteiger partial charge in [0, 0.05) is 6.42 Å². The van der Waals surface area contributed by atoms with Crippen molar-refractivity contribution in [1.82, 2.24) is 0 Å². The fraction of sp³-hybridized carbons (Fsp3) is 0.105. The molecule has 22 heavy (non-hydrogen) atoms. The Kier molecular flexibility index (Phi) is 2.86. The zero-order valence-electron chi connectivity index (χ0n) is 11.9. The summed E-state index contributed by atoms with van der Waals surface area (Å²) in [7, 11) is 0. The van der Waals surface area contributed by atoms with Crippen molar-refractivity contribution in [3.8, 4) is 16.9 Å². The van der Waals surface area contributed by atoms with Gasteiger partial charge in [-0.05, 0) is 45.7 Å². The van der Waals surface area contributed by atoms with E-state index in [9.17, 15) is 9.90 Å². The minimum atomic E-state index is -0.944. The number of carboxylic acids is 1. The van der Waals surface area contributed by atoms with E-state index in [-0.39, 0.29) is 5.56 Å². The number of hydrogen-bond acceptors (Lipinski definition) is 2. The molecule has 0 atom stereocenters. The number of aromatic carboxylic acids is 1. The molecule has 3 aromatic rings. The molecular formula is C19H14O3. The number of benzene rings is 3. The van der Waals surface area contributed by atoms with Gasteiger partial charge in [0.2, 0.25) is 0 Å². The molecular weight excluding hydrogens is 276 g/mol. The average molecular weight is 290 g/mol. The number of fused-ring (bicyclic) bond motifs is 2. The molecule has 0 bridgehead atoms. The van der Waals surface area contributed by atoms with E-state index >= 15 is 0 Å². The van der Waals surface area contributed by atoms with Gasteiger partial charge >= 0.3 is 5.97 Å². The second kappa shape index (κ2) is 4.88. The van der Waals surface area contributed by atoms with Crippen LogP contribution in [0, 0.1) is 0 Å². The quantitative estimate of drug-likeness (QED) is 0.771. The minimum absolute atomic E-state index is 0.248. The van der Waals surface area contributed by atoms with E-state index in [1.165, 1.54) is 5.39 Å². The predicted molar refractivity (Wildman–Crippen MR) is 85.5 cm³/mol. The van der Waals surface area contributed by atoms with Crippen LogP contribution in [0.3, 0.4) is 0 Å². The molecule has 1 heterocycles. The molecule has 3 nitrogen and oxygen atoms in total. The number of ether oxygens (including phenoxy) is 1. The van der Waals surface area contributed by atoms with Crippen LogP contribution < -0.4 is 4.74 Å². The Morgan fingerprint density at radius 1 is 0.955 bits per heavy atom. The maximum Gasteiger partial charge on any atom is 0.339 e. The van der Waals surface area contributed by atoms with Crippen LogP contribution in [0.1, 0.15) is 15.9 Å². The summed E-state index contributed by atoms with van der Waals surface area (Å²) in [6.45, 7) is 0.552. The summed E-state index contributed by atoms with van der Waals surface area (Å²) in [5.74, 6) is -0.419. The van der Waals surface area contributed by atoms with E-state index in [0.29, 0.717) is 12.4 Å². The van der Waals surface area contributed by atoms with Crippen molar-refractivity contribution in [1.29, 1.82) is 0 Å². The van der Waals surface area contributed by atoms with Crippen molar-refractivity contribution < 1.29 is 14.6 Å². The highest BCUT2D eigenvalue weighted by Crippen LogP contribution is 2.35. The standard InChI is InChI=1S/C19H14O3/c20-19(21)17-11-16(10-15-7-8-22-18(15)17)14-6-5-12-3-1-2-4-13(12)9-14/h1-6,9-11H,7-8H2,(H,20,21). The highest BCUT2D eigenvalue weighted by atomic mass is 16.5. The minimum Gasteiger partial charge on any atom is -0.492 e. The summed E-state index contributed by atoms with van der Waals surface area (Å²) >= 11 is 0. The molecule has 0 spiro atoms. The largest absolute Gasteiger partial charge is 0.492 e. The number of carbonyl (C=O) groups is 1. The molecule has 0 aliphatic carbocycles. The lowest BCUT2D eigenvalue weighted by molar-refractivity contribution is 0.0693. The SMILES string of the molecule is O=C(O)c1cc(-c2ccc3ccccc3c2)cc2c1OCC2. The van der Waals surface area contributed by atoms with Crippen LogP contribution in [0.2, 0.25) is 0 Å². The summed E-state index contributed by atoms with van der Waals surface area (Å²) in [5, 5.41) is 11.7. The topological polar surface area (TPSA) is 46.5 Å². The summed E-state index contributed by atoms with van der Waals surface area (Å²) in [6, 6.07) is 18.1. The van der Waals surface area contributed by atoms with Crippen LogP contribution in [-0.4, -0.2) is 17.7 Å². The lowest BCUT2D eigenvalue weighted by Crippen LogP contribution is -2.00. The van der Waals surface area contributed by atoms with Crippen molar-refractivity contribution >= 4 is 16.7 Å². The molecule has 4 rings (SSSR count). The molecule has 3 aromatic carbocycles. The molecule has 1 aliphatic rings. The van der Waals surface area contributed by atoms with Crippen LogP contribution >= 0.6 is 0 Å². The third-order valence-corrected chi connectivity index (χ3v) is 4.10. The third kappa shape index (κ3) is 2.02. The van der Waals surface area contributed by atoms with Crippen LogP contribution in [0.5, 0.6) is 5.75 Å². The van der Waals surface area contributed by atoms with Crippen molar-refractivity contribution in [2.45, 2.75) is 6.42 Å². The maximum atomic E-state index is 11.5. The fourth-order valence-corrected chi connectivity index (χ4v) is 3.00.